The summed E-state index contributed by atoms with van der Waals surface area (Å²) < 4.78 is 0. The van der Waals surface area contributed by atoms with Gasteiger partial charge in [-0.3, -0.25) is 4.98 Å². The molecule has 0 atom stereocenters. The number of hydrogen-bond acceptors (Lipinski definition) is 3. The summed E-state index contributed by atoms with van der Waals surface area (Å²) in [7, 11) is 2.03. The molecule has 0 amide bonds. The number of carboxylic acids is 1. The number of pyridine rings is 1. The Morgan fingerprint density at radius 3 is 2.82 bits per heavy atom. The third kappa shape index (κ3) is 2.31. The van der Waals surface area contributed by atoms with E-state index in [2.05, 4.69) is 9.88 Å². The van der Waals surface area contributed by atoms with Gasteiger partial charge in [0, 0.05) is 18.8 Å². The first-order valence-electron chi connectivity index (χ1n) is 5.93. The van der Waals surface area contributed by atoms with Gasteiger partial charge in [-0.05, 0) is 31.0 Å². The molecule has 92 valence electrons. The standard InChI is InChI=1S/C13H18N2O2/c1-8(2)11-6-10(13(16)17)9-4-5-15(3)7-12(9)14-11/h6,8H,4-5,7H2,1-3H3,(H,16,17). The van der Waals surface area contributed by atoms with Crippen LogP contribution in [0.25, 0.3) is 0 Å². The van der Waals surface area contributed by atoms with Gasteiger partial charge in [0.25, 0.3) is 0 Å². The molecule has 17 heavy (non-hydrogen) atoms. The van der Waals surface area contributed by atoms with Crippen LogP contribution in [0.4, 0.5) is 0 Å². The molecule has 0 bridgehead atoms. The van der Waals surface area contributed by atoms with Crippen molar-refractivity contribution < 1.29 is 9.90 Å². The van der Waals surface area contributed by atoms with E-state index in [1.807, 2.05) is 20.9 Å². The Morgan fingerprint density at radius 2 is 2.24 bits per heavy atom. The molecule has 0 saturated heterocycles. The molecule has 0 radical (unpaired) electrons. The summed E-state index contributed by atoms with van der Waals surface area (Å²) in [5.74, 6) is -0.583. The SMILES string of the molecule is CC(C)c1cc(C(=O)O)c2c(n1)CN(C)CC2. The van der Waals surface area contributed by atoms with Crippen molar-refractivity contribution in [2.45, 2.75) is 32.7 Å². The predicted molar refractivity (Wildman–Crippen MR) is 65.3 cm³/mol. The zero-order chi connectivity index (χ0) is 12.6. The Bertz CT molecular complexity index is 455. The van der Waals surface area contributed by atoms with Gasteiger partial charge >= 0.3 is 5.97 Å². The molecule has 1 aromatic heterocycles. The summed E-state index contributed by atoms with van der Waals surface area (Å²) in [5, 5.41) is 9.27. The molecule has 1 aromatic rings. The van der Waals surface area contributed by atoms with Crippen molar-refractivity contribution in [3.63, 3.8) is 0 Å². The maximum Gasteiger partial charge on any atom is 0.336 e. The van der Waals surface area contributed by atoms with Crippen LogP contribution in [-0.2, 0) is 13.0 Å². The van der Waals surface area contributed by atoms with Gasteiger partial charge in [-0.1, -0.05) is 13.8 Å². The van der Waals surface area contributed by atoms with E-state index < -0.39 is 5.97 Å². The lowest BCUT2D eigenvalue weighted by molar-refractivity contribution is 0.0694. The molecular formula is C13H18N2O2. The Hall–Kier alpha value is -1.42. The second-order valence-electron chi connectivity index (χ2n) is 4.97. The van der Waals surface area contributed by atoms with Gasteiger partial charge in [-0.2, -0.15) is 0 Å². The third-order valence-electron chi connectivity index (χ3n) is 3.21. The number of hydrogen-bond donors (Lipinski definition) is 1. The second-order valence-corrected chi connectivity index (χ2v) is 4.97. The molecule has 0 fully saturated rings. The van der Waals surface area contributed by atoms with Gasteiger partial charge in [-0.15, -0.1) is 0 Å². The van der Waals surface area contributed by atoms with Crippen molar-refractivity contribution in [3.05, 3.63) is 28.6 Å². The molecule has 4 heteroatoms. The number of nitrogens with zero attached hydrogens (tertiary/aromatic N) is 2. The fourth-order valence-electron chi connectivity index (χ4n) is 2.18. The van der Waals surface area contributed by atoms with Crippen molar-refractivity contribution in [1.82, 2.24) is 9.88 Å². The second kappa shape index (κ2) is 4.45. The van der Waals surface area contributed by atoms with Crippen LogP contribution in [0.1, 0.15) is 47.1 Å². The molecule has 0 aliphatic carbocycles. The summed E-state index contributed by atoms with van der Waals surface area (Å²) >= 11 is 0. The van der Waals surface area contributed by atoms with Crippen LogP contribution in [0.5, 0.6) is 0 Å². The maximum atomic E-state index is 11.3. The first kappa shape index (κ1) is 12.0. The zero-order valence-corrected chi connectivity index (χ0v) is 10.5. The van der Waals surface area contributed by atoms with E-state index in [4.69, 9.17) is 0 Å². The molecule has 4 nitrogen and oxygen atoms in total. The highest BCUT2D eigenvalue weighted by molar-refractivity contribution is 5.89. The van der Waals surface area contributed by atoms with Crippen molar-refractivity contribution in [1.29, 1.82) is 0 Å². The number of aromatic nitrogens is 1. The molecule has 0 aromatic carbocycles. The third-order valence-corrected chi connectivity index (χ3v) is 3.21. The van der Waals surface area contributed by atoms with Gasteiger partial charge in [0.1, 0.15) is 0 Å². The van der Waals surface area contributed by atoms with Crippen LogP contribution in [0.3, 0.4) is 0 Å². The van der Waals surface area contributed by atoms with Gasteiger partial charge in [0.05, 0.1) is 11.3 Å². The van der Waals surface area contributed by atoms with Crippen LogP contribution in [0.2, 0.25) is 0 Å². The number of rotatable bonds is 2. The quantitative estimate of drug-likeness (QED) is 0.849. The van der Waals surface area contributed by atoms with E-state index in [9.17, 15) is 9.90 Å². The van der Waals surface area contributed by atoms with E-state index in [1.54, 1.807) is 6.07 Å². The average molecular weight is 234 g/mol. The zero-order valence-electron chi connectivity index (χ0n) is 10.5. The lowest BCUT2D eigenvalue weighted by Gasteiger charge is -2.26. The number of carboxylic acid groups (broad SMARTS) is 1. The van der Waals surface area contributed by atoms with Crippen molar-refractivity contribution in [3.8, 4) is 0 Å². The molecule has 1 N–H and O–H groups in total. The molecule has 0 spiro atoms. The Balaban J connectivity index is 2.55. The predicted octanol–water partition coefficient (Wildman–Crippen LogP) is 1.89. The molecule has 2 rings (SSSR count). The number of likely N-dealkylation sites (N-methyl/N-ethyl adjacent to an activating group) is 1. The fourth-order valence-corrected chi connectivity index (χ4v) is 2.18. The van der Waals surface area contributed by atoms with Gasteiger partial charge in [0.2, 0.25) is 0 Å². The number of fused-ring (bicyclic) bond motifs is 1. The van der Waals surface area contributed by atoms with E-state index in [0.29, 0.717) is 5.56 Å². The number of aromatic carboxylic acids is 1. The fraction of sp³-hybridized carbons (Fsp3) is 0.538. The van der Waals surface area contributed by atoms with Crippen LogP contribution in [0.15, 0.2) is 6.07 Å². The van der Waals surface area contributed by atoms with E-state index in [-0.39, 0.29) is 5.92 Å². The Labute approximate surface area is 101 Å². The Kier molecular flexibility index (Phi) is 3.15. The lowest BCUT2D eigenvalue weighted by Crippen LogP contribution is -2.29. The molecule has 0 saturated carbocycles. The summed E-state index contributed by atoms with van der Waals surface area (Å²) in [4.78, 5) is 18.1. The van der Waals surface area contributed by atoms with Crippen LogP contribution in [0, 0.1) is 0 Å². The van der Waals surface area contributed by atoms with Gasteiger partial charge in [-0.25, -0.2) is 4.79 Å². The minimum absolute atomic E-state index is 0.255. The summed E-state index contributed by atoms with van der Waals surface area (Å²) in [5.41, 5.74) is 3.16. The smallest absolute Gasteiger partial charge is 0.336 e. The highest BCUT2D eigenvalue weighted by Crippen LogP contribution is 2.24. The van der Waals surface area contributed by atoms with Crippen molar-refractivity contribution >= 4 is 5.97 Å². The topological polar surface area (TPSA) is 53.4 Å². The largest absolute Gasteiger partial charge is 0.478 e. The molecule has 1 aliphatic heterocycles. The van der Waals surface area contributed by atoms with Crippen LogP contribution in [-0.4, -0.2) is 34.6 Å². The number of carbonyl (C=O) groups is 1. The van der Waals surface area contributed by atoms with E-state index in [1.165, 1.54) is 0 Å². The molecule has 2 heterocycles. The van der Waals surface area contributed by atoms with Crippen LogP contribution >= 0.6 is 0 Å². The molecule has 0 unspecified atom stereocenters. The normalized spacial score (nSPS) is 16.0. The highest BCUT2D eigenvalue weighted by atomic mass is 16.4. The minimum Gasteiger partial charge on any atom is -0.478 e. The van der Waals surface area contributed by atoms with E-state index in [0.717, 1.165) is 36.5 Å². The Morgan fingerprint density at radius 1 is 1.53 bits per heavy atom. The molecular weight excluding hydrogens is 216 g/mol. The summed E-state index contributed by atoms with van der Waals surface area (Å²) in [6, 6.07) is 1.73. The van der Waals surface area contributed by atoms with Gasteiger partial charge < -0.3 is 10.0 Å². The van der Waals surface area contributed by atoms with Crippen LogP contribution < -0.4 is 0 Å². The van der Waals surface area contributed by atoms with Crippen molar-refractivity contribution in [2.24, 2.45) is 0 Å². The molecule has 1 aliphatic rings. The highest BCUT2D eigenvalue weighted by Gasteiger charge is 2.22. The first-order chi connectivity index (χ1) is 7.99. The summed E-state index contributed by atoms with van der Waals surface area (Å²) in [6.45, 7) is 5.71. The van der Waals surface area contributed by atoms with Crippen molar-refractivity contribution in [2.75, 3.05) is 13.6 Å². The first-order valence-corrected chi connectivity index (χ1v) is 5.93. The maximum absolute atomic E-state index is 11.3. The monoisotopic (exact) mass is 234 g/mol. The van der Waals surface area contributed by atoms with E-state index >= 15 is 0 Å². The minimum atomic E-state index is -0.838. The lowest BCUT2D eigenvalue weighted by atomic mass is 9.96. The van der Waals surface area contributed by atoms with Gasteiger partial charge in [0.15, 0.2) is 0 Å². The summed E-state index contributed by atoms with van der Waals surface area (Å²) in [6.07, 6.45) is 0.777. The average Bonchev–Trinajstić information content (AvgIpc) is 2.26.